The first-order valence-corrected chi connectivity index (χ1v) is 4.48. The maximum atomic E-state index is 11.7. The zero-order chi connectivity index (χ0) is 12.1. The van der Waals surface area contributed by atoms with Crippen molar-refractivity contribution in [1.29, 1.82) is 0 Å². The van der Waals surface area contributed by atoms with Crippen molar-refractivity contribution in [2.75, 3.05) is 13.2 Å². The fraction of sp³-hybridized carbons (Fsp3) is 0.875. The molecule has 0 radical (unpaired) electrons. The van der Waals surface area contributed by atoms with Crippen molar-refractivity contribution in [3.05, 3.63) is 0 Å². The summed E-state index contributed by atoms with van der Waals surface area (Å²) in [4.78, 5) is 10.9. The van der Waals surface area contributed by atoms with Gasteiger partial charge in [-0.25, -0.2) is 4.79 Å². The summed E-state index contributed by atoms with van der Waals surface area (Å²) in [5.41, 5.74) is 0. The molecular formula is C8H15F3N2O2. The van der Waals surface area contributed by atoms with Crippen LogP contribution in [0.25, 0.3) is 0 Å². The van der Waals surface area contributed by atoms with E-state index in [0.29, 0.717) is 0 Å². The fourth-order valence-corrected chi connectivity index (χ4v) is 0.823. The number of alkyl halides is 3. The number of aliphatic hydroxyl groups excluding tert-OH is 1. The van der Waals surface area contributed by atoms with Crippen LogP contribution in [0.1, 0.15) is 13.8 Å². The number of nitrogens with one attached hydrogen (secondary N) is 2. The highest BCUT2D eigenvalue weighted by atomic mass is 19.4. The molecule has 0 aromatic heterocycles. The number of hydrogen-bond acceptors (Lipinski definition) is 2. The maximum absolute atomic E-state index is 11.7. The van der Waals surface area contributed by atoms with Gasteiger partial charge in [0.25, 0.3) is 0 Å². The lowest BCUT2D eigenvalue weighted by Gasteiger charge is -2.20. The van der Waals surface area contributed by atoms with E-state index in [9.17, 15) is 18.0 Å². The van der Waals surface area contributed by atoms with E-state index in [2.05, 4.69) is 5.32 Å². The van der Waals surface area contributed by atoms with Crippen molar-refractivity contribution >= 4 is 6.03 Å². The Balaban J connectivity index is 3.92. The third-order valence-electron chi connectivity index (χ3n) is 1.77. The number of aliphatic hydroxyl groups is 1. The van der Waals surface area contributed by atoms with Gasteiger partial charge in [0.15, 0.2) is 0 Å². The van der Waals surface area contributed by atoms with E-state index < -0.39 is 24.8 Å². The van der Waals surface area contributed by atoms with Crippen LogP contribution in [0.15, 0.2) is 0 Å². The summed E-state index contributed by atoms with van der Waals surface area (Å²) in [6.45, 7) is 1.79. The van der Waals surface area contributed by atoms with E-state index in [1.165, 1.54) is 0 Å². The van der Waals surface area contributed by atoms with E-state index in [4.69, 9.17) is 5.11 Å². The molecule has 15 heavy (non-hydrogen) atoms. The van der Waals surface area contributed by atoms with Gasteiger partial charge in [-0.2, -0.15) is 13.2 Å². The first-order chi connectivity index (χ1) is 6.76. The van der Waals surface area contributed by atoms with Gasteiger partial charge >= 0.3 is 12.2 Å². The third-order valence-corrected chi connectivity index (χ3v) is 1.77. The molecule has 0 saturated heterocycles. The van der Waals surface area contributed by atoms with Crippen LogP contribution in [-0.2, 0) is 0 Å². The molecule has 2 amide bonds. The minimum Gasteiger partial charge on any atom is -0.394 e. The number of carbonyl (C=O) groups is 1. The van der Waals surface area contributed by atoms with E-state index >= 15 is 0 Å². The highest BCUT2D eigenvalue weighted by Crippen LogP contribution is 2.12. The van der Waals surface area contributed by atoms with Gasteiger partial charge in [0.1, 0.15) is 6.54 Å². The number of hydrogen-bond donors (Lipinski definition) is 3. The van der Waals surface area contributed by atoms with E-state index in [-0.39, 0.29) is 12.5 Å². The molecule has 90 valence electrons. The SMILES string of the molecule is CC(C)[C@@H](CO)NC(=O)NCC(F)(F)F. The molecule has 0 unspecified atom stereocenters. The van der Waals surface area contributed by atoms with Gasteiger partial charge < -0.3 is 15.7 Å². The summed E-state index contributed by atoms with van der Waals surface area (Å²) < 4.78 is 35.1. The zero-order valence-corrected chi connectivity index (χ0v) is 8.56. The van der Waals surface area contributed by atoms with Gasteiger partial charge in [-0.05, 0) is 5.92 Å². The molecule has 4 nitrogen and oxygen atoms in total. The topological polar surface area (TPSA) is 61.4 Å². The summed E-state index contributed by atoms with van der Waals surface area (Å²) >= 11 is 0. The van der Waals surface area contributed by atoms with Crippen LogP contribution in [-0.4, -0.2) is 36.5 Å². The monoisotopic (exact) mass is 228 g/mol. The Morgan fingerprint density at radius 1 is 1.40 bits per heavy atom. The standard InChI is InChI=1S/C8H15F3N2O2/c1-5(2)6(3-14)13-7(15)12-4-8(9,10)11/h5-6,14H,3-4H2,1-2H3,(H2,12,13,15)/t6-/m1/s1. The fourth-order valence-electron chi connectivity index (χ4n) is 0.823. The van der Waals surface area contributed by atoms with Crippen molar-refractivity contribution < 1.29 is 23.1 Å². The second kappa shape index (κ2) is 5.79. The lowest BCUT2D eigenvalue weighted by molar-refractivity contribution is -0.122. The Bertz CT molecular complexity index is 207. The molecule has 0 fully saturated rings. The van der Waals surface area contributed by atoms with E-state index in [1.54, 1.807) is 19.2 Å². The van der Waals surface area contributed by atoms with Crippen LogP contribution in [0.3, 0.4) is 0 Å². The molecule has 7 heteroatoms. The molecule has 1 atom stereocenters. The van der Waals surface area contributed by atoms with Crippen molar-refractivity contribution in [3.8, 4) is 0 Å². The predicted molar refractivity (Wildman–Crippen MR) is 48.3 cm³/mol. The summed E-state index contributed by atoms with van der Waals surface area (Å²) in [6, 6.07) is -1.47. The molecule has 0 rings (SSSR count). The molecule has 3 N–H and O–H groups in total. The number of amides is 2. The van der Waals surface area contributed by atoms with Crippen LogP contribution in [0.2, 0.25) is 0 Å². The lowest BCUT2D eigenvalue weighted by Crippen LogP contribution is -2.48. The van der Waals surface area contributed by atoms with Gasteiger partial charge in [0.05, 0.1) is 12.6 Å². The average molecular weight is 228 g/mol. The largest absolute Gasteiger partial charge is 0.405 e. The second-order valence-corrected chi connectivity index (χ2v) is 3.48. The molecule has 0 aromatic carbocycles. The van der Waals surface area contributed by atoms with Crippen LogP contribution >= 0.6 is 0 Å². The maximum Gasteiger partial charge on any atom is 0.405 e. The summed E-state index contributed by atoms with van der Waals surface area (Å²) in [5.74, 6) is -0.0494. The molecule has 0 saturated carbocycles. The number of carbonyl (C=O) groups excluding carboxylic acids is 1. The molecule has 0 heterocycles. The van der Waals surface area contributed by atoms with Crippen LogP contribution in [0.4, 0.5) is 18.0 Å². The van der Waals surface area contributed by atoms with E-state index in [0.717, 1.165) is 0 Å². The van der Waals surface area contributed by atoms with Crippen LogP contribution in [0.5, 0.6) is 0 Å². The molecule has 0 spiro atoms. The summed E-state index contributed by atoms with van der Waals surface area (Å²) in [6.07, 6.45) is -4.43. The van der Waals surface area contributed by atoms with Crippen LogP contribution in [0, 0.1) is 5.92 Å². The molecular weight excluding hydrogens is 213 g/mol. The van der Waals surface area contributed by atoms with Gasteiger partial charge in [-0.3, -0.25) is 0 Å². The second-order valence-electron chi connectivity index (χ2n) is 3.48. The highest BCUT2D eigenvalue weighted by Gasteiger charge is 2.28. The van der Waals surface area contributed by atoms with Gasteiger partial charge in [-0.15, -0.1) is 0 Å². The molecule has 0 aliphatic rings. The predicted octanol–water partition coefficient (Wildman–Crippen LogP) is 0.865. The Morgan fingerprint density at radius 2 is 1.93 bits per heavy atom. The minimum atomic E-state index is -4.43. The van der Waals surface area contributed by atoms with Crippen LogP contribution < -0.4 is 10.6 Å². The molecule has 0 aliphatic carbocycles. The van der Waals surface area contributed by atoms with Crippen molar-refractivity contribution in [2.24, 2.45) is 5.92 Å². The smallest absolute Gasteiger partial charge is 0.394 e. The molecule has 0 bridgehead atoms. The molecule has 0 aliphatic heterocycles. The summed E-state index contributed by atoms with van der Waals surface area (Å²) in [5, 5.41) is 12.7. The quantitative estimate of drug-likeness (QED) is 0.668. The van der Waals surface area contributed by atoms with Crippen molar-refractivity contribution in [3.63, 3.8) is 0 Å². The van der Waals surface area contributed by atoms with Gasteiger partial charge in [0, 0.05) is 0 Å². The average Bonchev–Trinajstić information content (AvgIpc) is 2.09. The Morgan fingerprint density at radius 3 is 2.27 bits per heavy atom. The Hall–Kier alpha value is -0.980. The van der Waals surface area contributed by atoms with Gasteiger partial charge in [0.2, 0.25) is 0 Å². The summed E-state index contributed by atoms with van der Waals surface area (Å²) in [7, 11) is 0. The minimum absolute atomic E-state index is 0.0494. The third kappa shape index (κ3) is 7.01. The molecule has 0 aromatic rings. The highest BCUT2D eigenvalue weighted by molar-refractivity contribution is 5.74. The van der Waals surface area contributed by atoms with Gasteiger partial charge in [-0.1, -0.05) is 13.8 Å². The van der Waals surface area contributed by atoms with Crippen molar-refractivity contribution in [2.45, 2.75) is 26.1 Å². The van der Waals surface area contributed by atoms with E-state index in [1.807, 2.05) is 0 Å². The first kappa shape index (κ1) is 14.0. The number of urea groups is 1. The lowest BCUT2D eigenvalue weighted by atomic mass is 10.1. The number of rotatable bonds is 4. The Kier molecular flexibility index (Phi) is 5.41. The normalized spacial score (nSPS) is 13.8. The first-order valence-electron chi connectivity index (χ1n) is 4.48. The zero-order valence-electron chi connectivity index (χ0n) is 8.56. The van der Waals surface area contributed by atoms with Crippen molar-refractivity contribution in [1.82, 2.24) is 10.6 Å². The number of halogens is 3. The Labute approximate surface area is 85.8 Å².